The first kappa shape index (κ1) is 16.4. The Bertz CT molecular complexity index is 703. The smallest absolute Gasteiger partial charge is 0.343 e. The average Bonchev–Trinajstić information content (AvgIpc) is 2.59. The van der Waals surface area contributed by atoms with E-state index in [1.165, 1.54) is 25.3 Å². The molecule has 0 amide bonds. The second-order valence-electron chi connectivity index (χ2n) is 4.64. The molecule has 0 aliphatic carbocycles. The van der Waals surface area contributed by atoms with E-state index in [0.717, 1.165) is 5.56 Å². The molecule has 0 aromatic heterocycles. The Morgan fingerprint density at radius 1 is 1.04 bits per heavy atom. The highest BCUT2D eigenvalue weighted by Gasteiger charge is 2.04. The minimum Gasteiger partial charge on any atom is -0.482 e. The van der Waals surface area contributed by atoms with Gasteiger partial charge in [0.25, 0.3) is 0 Å². The van der Waals surface area contributed by atoms with Gasteiger partial charge in [0.1, 0.15) is 11.6 Å². The molecule has 4 nitrogen and oxygen atoms in total. The summed E-state index contributed by atoms with van der Waals surface area (Å²) in [5.41, 5.74) is 1.21. The van der Waals surface area contributed by atoms with E-state index in [1.54, 1.807) is 42.5 Å². The third kappa shape index (κ3) is 5.07. The van der Waals surface area contributed by atoms with Gasteiger partial charge in [-0.1, -0.05) is 18.2 Å². The summed E-state index contributed by atoms with van der Waals surface area (Å²) in [6.45, 7) is -0.186. The lowest BCUT2D eigenvalue weighted by Gasteiger charge is -2.04. The van der Waals surface area contributed by atoms with Crippen molar-refractivity contribution in [1.82, 2.24) is 0 Å². The van der Waals surface area contributed by atoms with Crippen LogP contribution in [-0.4, -0.2) is 25.5 Å². The van der Waals surface area contributed by atoms with E-state index < -0.39 is 5.97 Å². The van der Waals surface area contributed by atoms with E-state index in [-0.39, 0.29) is 18.2 Å². The van der Waals surface area contributed by atoms with Gasteiger partial charge in [-0.2, -0.15) is 0 Å². The Labute approximate surface area is 133 Å². The topological polar surface area (TPSA) is 52.6 Å². The van der Waals surface area contributed by atoms with Gasteiger partial charge in [-0.05, 0) is 48.0 Å². The first-order chi connectivity index (χ1) is 11.1. The number of ketones is 1. The third-order valence-corrected chi connectivity index (χ3v) is 3.02. The Morgan fingerprint density at radius 3 is 2.30 bits per heavy atom. The second kappa shape index (κ2) is 7.89. The molecule has 0 aliphatic heterocycles. The number of halogens is 1. The van der Waals surface area contributed by atoms with Crippen LogP contribution in [0.2, 0.25) is 0 Å². The van der Waals surface area contributed by atoms with Crippen LogP contribution in [0.5, 0.6) is 5.75 Å². The second-order valence-corrected chi connectivity index (χ2v) is 4.64. The summed E-state index contributed by atoms with van der Waals surface area (Å²) in [7, 11) is 1.28. The summed E-state index contributed by atoms with van der Waals surface area (Å²) in [4.78, 5) is 23.0. The zero-order valence-corrected chi connectivity index (χ0v) is 12.5. The predicted molar refractivity (Wildman–Crippen MR) is 83.7 cm³/mol. The number of benzene rings is 2. The summed E-state index contributed by atoms with van der Waals surface area (Å²) in [6, 6.07) is 12.2. The van der Waals surface area contributed by atoms with Gasteiger partial charge in [-0.3, -0.25) is 4.79 Å². The lowest BCUT2D eigenvalue weighted by molar-refractivity contribution is -0.142. The molecular weight excluding hydrogens is 299 g/mol. The molecule has 0 saturated heterocycles. The summed E-state index contributed by atoms with van der Waals surface area (Å²) in [5, 5.41) is 0. The van der Waals surface area contributed by atoms with Gasteiger partial charge in [0.2, 0.25) is 0 Å². The molecule has 0 unspecified atom stereocenters. The van der Waals surface area contributed by atoms with Crippen LogP contribution in [-0.2, 0) is 9.53 Å². The highest BCUT2D eigenvalue weighted by atomic mass is 19.1. The fourth-order valence-corrected chi connectivity index (χ4v) is 1.76. The van der Waals surface area contributed by atoms with Crippen LogP contribution in [0.4, 0.5) is 4.39 Å². The average molecular weight is 314 g/mol. The fraction of sp³-hybridized carbons (Fsp3) is 0.111. The largest absolute Gasteiger partial charge is 0.482 e. The third-order valence-electron chi connectivity index (χ3n) is 3.02. The summed E-state index contributed by atoms with van der Waals surface area (Å²) in [5.74, 6) is -0.522. The molecule has 0 fully saturated rings. The van der Waals surface area contributed by atoms with Gasteiger partial charge < -0.3 is 9.47 Å². The number of rotatable bonds is 6. The number of hydrogen-bond acceptors (Lipinski definition) is 4. The highest BCUT2D eigenvalue weighted by molar-refractivity contribution is 6.06. The molecule has 0 heterocycles. The van der Waals surface area contributed by atoms with E-state index in [4.69, 9.17) is 4.74 Å². The van der Waals surface area contributed by atoms with Gasteiger partial charge in [-0.25, -0.2) is 9.18 Å². The molecular formula is C18H15FO4. The number of carbonyl (C=O) groups is 2. The molecule has 0 N–H and O–H groups in total. The fourth-order valence-electron chi connectivity index (χ4n) is 1.76. The van der Waals surface area contributed by atoms with Crippen molar-refractivity contribution in [3.63, 3.8) is 0 Å². The van der Waals surface area contributed by atoms with Gasteiger partial charge in [0, 0.05) is 5.56 Å². The molecule has 0 spiro atoms. The molecule has 2 rings (SSSR count). The molecule has 2 aromatic rings. The Morgan fingerprint density at radius 2 is 1.70 bits per heavy atom. The van der Waals surface area contributed by atoms with Gasteiger partial charge >= 0.3 is 5.97 Å². The van der Waals surface area contributed by atoms with E-state index in [9.17, 15) is 14.0 Å². The standard InChI is InChI=1S/C18H15FO4/c1-22-18(21)12-23-16-9-5-14(6-10-16)17(20)11-4-13-2-7-15(19)8-3-13/h2-11H,12H2,1H3/b11-4+. The maximum atomic E-state index is 12.8. The van der Waals surface area contributed by atoms with Gasteiger partial charge in [-0.15, -0.1) is 0 Å². The molecule has 0 radical (unpaired) electrons. The number of methoxy groups -OCH3 is 1. The minimum absolute atomic E-state index is 0.186. The quantitative estimate of drug-likeness (QED) is 0.466. The van der Waals surface area contributed by atoms with Crippen LogP contribution in [0.15, 0.2) is 54.6 Å². The number of carbonyl (C=O) groups excluding carboxylic acids is 2. The Kier molecular flexibility index (Phi) is 5.63. The zero-order valence-electron chi connectivity index (χ0n) is 12.5. The van der Waals surface area contributed by atoms with E-state index in [1.807, 2.05) is 0 Å². The van der Waals surface area contributed by atoms with Crippen molar-refractivity contribution in [3.8, 4) is 5.75 Å². The maximum Gasteiger partial charge on any atom is 0.343 e. The summed E-state index contributed by atoms with van der Waals surface area (Å²) in [6.07, 6.45) is 3.03. The molecule has 5 heteroatoms. The van der Waals surface area contributed by atoms with Crippen molar-refractivity contribution in [2.75, 3.05) is 13.7 Å². The predicted octanol–water partition coefficient (Wildman–Crippen LogP) is 3.27. The van der Waals surface area contributed by atoms with Gasteiger partial charge in [0.15, 0.2) is 12.4 Å². The Hall–Kier alpha value is -2.95. The van der Waals surface area contributed by atoms with Crippen molar-refractivity contribution in [2.45, 2.75) is 0 Å². The first-order valence-electron chi connectivity index (χ1n) is 6.86. The lowest BCUT2D eigenvalue weighted by atomic mass is 10.1. The van der Waals surface area contributed by atoms with Crippen LogP contribution in [0.1, 0.15) is 15.9 Å². The highest BCUT2D eigenvalue weighted by Crippen LogP contribution is 2.14. The van der Waals surface area contributed by atoms with Crippen LogP contribution < -0.4 is 4.74 Å². The minimum atomic E-state index is -0.479. The van der Waals surface area contributed by atoms with Crippen molar-refractivity contribution >= 4 is 17.8 Å². The molecule has 0 atom stereocenters. The van der Waals surface area contributed by atoms with Crippen LogP contribution in [0.25, 0.3) is 6.08 Å². The van der Waals surface area contributed by atoms with Crippen molar-refractivity contribution in [2.24, 2.45) is 0 Å². The van der Waals surface area contributed by atoms with Crippen molar-refractivity contribution < 1.29 is 23.5 Å². The van der Waals surface area contributed by atoms with E-state index >= 15 is 0 Å². The normalized spacial score (nSPS) is 10.5. The maximum absolute atomic E-state index is 12.8. The SMILES string of the molecule is COC(=O)COc1ccc(C(=O)/C=C/c2ccc(F)cc2)cc1. The first-order valence-corrected chi connectivity index (χ1v) is 6.86. The van der Waals surface area contributed by atoms with Crippen molar-refractivity contribution in [1.29, 1.82) is 0 Å². The van der Waals surface area contributed by atoms with Crippen LogP contribution in [0.3, 0.4) is 0 Å². The molecule has 2 aromatic carbocycles. The zero-order chi connectivity index (χ0) is 16.7. The summed E-state index contributed by atoms with van der Waals surface area (Å²) < 4.78 is 22.5. The number of hydrogen-bond donors (Lipinski definition) is 0. The summed E-state index contributed by atoms with van der Waals surface area (Å²) >= 11 is 0. The number of esters is 1. The monoisotopic (exact) mass is 314 g/mol. The molecule has 23 heavy (non-hydrogen) atoms. The van der Waals surface area contributed by atoms with E-state index in [2.05, 4.69) is 4.74 Å². The number of allylic oxidation sites excluding steroid dienone is 1. The number of ether oxygens (including phenoxy) is 2. The Balaban J connectivity index is 1.97. The van der Waals surface area contributed by atoms with Crippen LogP contribution in [0, 0.1) is 5.82 Å². The van der Waals surface area contributed by atoms with E-state index in [0.29, 0.717) is 11.3 Å². The molecule has 0 aliphatic rings. The molecule has 0 saturated carbocycles. The molecule has 118 valence electrons. The van der Waals surface area contributed by atoms with Crippen LogP contribution >= 0.6 is 0 Å². The van der Waals surface area contributed by atoms with Crippen molar-refractivity contribution in [3.05, 3.63) is 71.6 Å². The molecule has 0 bridgehead atoms. The van der Waals surface area contributed by atoms with Gasteiger partial charge in [0.05, 0.1) is 7.11 Å². The lowest BCUT2D eigenvalue weighted by Crippen LogP contribution is -2.12.